The molecule has 2 aliphatic rings. The summed E-state index contributed by atoms with van der Waals surface area (Å²) in [6.45, 7) is 2.89. The van der Waals surface area contributed by atoms with Crippen molar-refractivity contribution in [3.8, 4) is 11.1 Å². The molecule has 1 aliphatic carbocycles. The van der Waals surface area contributed by atoms with Crippen LogP contribution in [-0.4, -0.2) is 91.9 Å². The van der Waals surface area contributed by atoms with Crippen molar-refractivity contribution in [3.63, 3.8) is 0 Å². The van der Waals surface area contributed by atoms with Gasteiger partial charge in [-0.1, -0.05) is 18.2 Å². The zero-order chi connectivity index (χ0) is 29.9. The van der Waals surface area contributed by atoms with Gasteiger partial charge in [0.25, 0.3) is 5.91 Å². The molecule has 0 bridgehead atoms. The molecule has 1 aromatic heterocycles. The zero-order valence-electron chi connectivity index (χ0n) is 23.2. The summed E-state index contributed by atoms with van der Waals surface area (Å²) in [5.74, 6) is -1.64. The highest BCUT2D eigenvalue weighted by Gasteiger charge is 2.37. The Morgan fingerprint density at radius 1 is 1.14 bits per heavy atom. The summed E-state index contributed by atoms with van der Waals surface area (Å²) in [4.78, 5) is 44.4. The van der Waals surface area contributed by atoms with Gasteiger partial charge in [-0.2, -0.15) is 0 Å². The molecule has 2 atom stereocenters. The SMILES string of the molecule is C[C@H]1CN(C(=O)c2ccc(-c3ccc4nc(C(C(=O)NCC(=O)NC5CC5)S(=O)(=O)CCCO)sc4c3)cc2)CCO1. The van der Waals surface area contributed by atoms with Gasteiger partial charge in [-0.3, -0.25) is 14.4 Å². The molecule has 3 N–H and O–H groups in total. The van der Waals surface area contributed by atoms with E-state index in [9.17, 15) is 27.9 Å². The molecule has 3 amide bonds. The molecule has 1 aliphatic heterocycles. The number of carbonyl (C=O) groups is 3. The number of hydrogen-bond acceptors (Lipinski definition) is 9. The van der Waals surface area contributed by atoms with Gasteiger partial charge in [0.1, 0.15) is 5.01 Å². The van der Waals surface area contributed by atoms with Crippen LogP contribution in [0.4, 0.5) is 0 Å². The summed E-state index contributed by atoms with van der Waals surface area (Å²) in [6, 6.07) is 12.9. The van der Waals surface area contributed by atoms with Gasteiger partial charge in [0.15, 0.2) is 15.1 Å². The minimum absolute atomic E-state index is 0.000147. The minimum atomic E-state index is -4.03. The number of thiazole rings is 1. The van der Waals surface area contributed by atoms with Crippen LogP contribution >= 0.6 is 11.3 Å². The Balaban J connectivity index is 1.36. The first-order valence-electron chi connectivity index (χ1n) is 14.0. The molecule has 1 saturated heterocycles. The van der Waals surface area contributed by atoms with E-state index in [0.29, 0.717) is 35.5 Å². The lowest BCUT2D eigenvalue weighted by atomic mass is 10.0. The van der Waals surface area contributed by atoms with E-state index >= 15 is 0 Å². The number of aliphatic hydroxyl groups excluding tert-OH is 1. The van der Waals surface area contributed by atoms with Crippen molar-refractivity contribution < 1.29 is 32.6 Å². The van der Waals surface area contributed by atoms with E-state index in [1.807, 2.05) is 31.2 Å². The van der Waals surface area contributed by atoms with Crippen molar-refractivity contribution in [2.24, 2.45) is 0 Å². The molecule has 5 rings (SSSR count). The number of benzene rings is 2. The summed E-state index contributed by atoms with van der Waals surface area (Å²) in [6.07, 6.45) is 1.76. The summed E-state index contributed by atoms with van der Waals surface area (Å²) in [5.41, 5.74) is 2.83. The van der Waals surface area contributed by atoms with E-state index in [1.54, 1.807) is 23.1 Å². The van der Waals surface area contributed by atoms with E-state index in [1.165, 1.54) is 0 Å². The van der Waals surface area contributed by atoms with Crippen LogP contribution in [0.2, 0.25) is 0 Å². The Morgan fingerprint density at radius 3 is 2.57 bits per heavy atom. The fourth-order valence-electron chi connectivity index (χ4n) is 4.80. The second-order valence-electron chi connectivity index (χ2n) is 10.6. The number of carbonyl (C=O) groups excluding carboxylic acids is 3. The van der Waals surface area contributed by atoms with Gasteiger partial charge in [0.05, 0.1) is 35.2 Å². The molecule has 13 heteroatoms. The van der Waals surface area contributed by atoms with Gasteiger partial charge in [-0.05, 0) is 61.6 Å². The average Bonchev–Trinajstić information content (AvgIpc) is 3.69. The fraction of sp³-hybridized carbons (Fsp3) is 0.448. The molecule has 11 nitrogen and oxygen atoms in total. The Morgan fingerprint density at radius 2 is 1.88 bits per heavy atom. The molecular formula is C29H34N4O7S2. The normalized spacial score (nSPS) is 18.0. The number of aliphatic hydroxyl groups is 1. The summed E-state index contributed by atoms with van der Waals surface area (Å²) in [7, 11) is -4.03. The lowest BCUT2D eigenvalue weighted by molar-refractivity contribution is -0.126. The van der Waals surface area contributed by atoms with Gasteiger partial charge in [-0.25, -0.2) is 13.4 Å². The highest BCUT2D eigenvalue weighted by atomic mass is 32.2. The van der Waals surface area contributed by atoms with Crippen LogP contribution in [0.3, 0.4) is 0 Å². The predicted octanol–water partition coefficient (Wildman–Crippen LogP) is 2.06. The maximum atomic E-state index is 13.2. The first-order chi connectivity index (χ1) is 20.1. The highest BCUT2D eigenvalue weighted by molar-refractivity contribution is 7.92. The van der Waals surface area contributed by atoms with E-state index in [0.717, 1.165) is 35.3 Å². The topological polar surface area (TPSA) is 155 Å². The highest BCUT2D eigenvalue weighted by Crippen LogP contribution is 2.34. The molecule has 42 heavy (non-hydrogen) atoms. The van der Waals surface area contributed by atoms with Crippen molar-refractivity contribution >= 4 is 49.1 Å². The molecule has 2 heterocycles. The number of hydrogen-bond donors (Lipinski definition) is 3. The molecule has 1 unspecified atom stereocenters. The molecule has 0 spiro atoms. The summed E-state index contributed by atoms with van der Waals surface area (Å²) >= 11 is 1.10. The second kappa shape index (κ2) is 12.9. The number of nitrogens with one attached hydrogen (secondary N) is 2. The van der Waals surface area contributed by atoms with Gasteiger partial charge in [0.2, 0.25) is 11.8 Å². The van der Waals surface area contributed by atoms with E-state index in [4.69, 9.17) is 4.74 Å². The third-order valence-corrected chi connectivity index (χ3v) is 10.4. The summed E-state index contributed by atoms with van der Waals surface area (Å²) < 4.78 is 32.6. The minimum Gasteiger partial charge on any atom is -0.396 e. The van der Waals surface area contributed by atoms with Gasteiger partial charge in [0, 0.05) is 31.3 Å². The van der Waals surface area contributed by atoms with Crippen molar-refractivity contribution in [2.45, 2.75) is 43.6 Å². The molecule has 3 aromatic rings. The number of sulfone groups is 1. The Hall–Kier alpha value is -3.39. The van der Waals surface area contributed by atoms with Gasteiger partial charge < -0.3 is 25.4 Å². The number of aromatic nitrogens is 1. The number of fused-ring (bicyclic) bond motifs is 1. The monoisotopic (exact) mass is 614 g/mol. The lowest BCUT2D eigenvalue weighted by Gasteiger charge is -2.31. The van der Waals surface area contributed by atoms with Gasteiger partial charge in [-0.15, -0.1) is 11.3 Å². The van der Waals surface area contributed by atoms with Crippen LogP contribution < -0.4 is 10.6 Å². The van der Waals surface area contributed by atoms with Crippen LogP contribution in [-0.2, 0) is 24.2 Å². The Kier molecular flexibility index (Phi) is 9.21. The lowest BCUT2D eigenvalue weighted by Crippen LogP contribution is -2.44. The quantitative estimate of drug-likeness (QED) is 0.297. The maximum absolute atomic E-state index is 13.2. The maximum Gasteiger partial charge on any atom is 0.254 e. The van der Waals surface area contributed by atoms with Crippen LogP contribution in [0.25, 0.3) is 21.3 Å². The van der Waals surface area contributed by atoms with Crippen LogP contribution in [0, 0.1) is 0 Å². The van der Waals surface area contributed by atoms with Crippen LogP contribution in [0.1, 0.15) is 46.8 Å². The fourth-order valence-corrected chi connectivity index (χ4v) is 7.91. The number of rotatable bonds is 11. The molecule has 0 radical (unpaired) electrons. The average molecular weight is 615 g/mol. The van der Waals surface area contributed by atoms with E-state index in [2.05, 4.69) is 15.6 Å². The first kappa shape index (κ1) is 30.1. The van der Waals surface area contributed by atoms with Crippen LogP contribution in [0.15, 0.2) is 42.5 Å². The molecule has 2 fully saturated rings. The molecule has 2 aromatic carbocycles. The summed E-state index contributed by atoms with van der Waals surface area (Å²) in [5, 5.41) is 12.9. The standard InChI is InChI=1S/C29H34N4O7S2/c1-18-17-33(11-13-40-18)29(37)20-5-3-19(4-6-20)21-7-10-23-24(15-21)41-28(32-23)26(42(38,39)14-2-12-34)27(36)30-16-25(35)31-22-8-9-22/h3-7,10,15,18,22,26,34H,2,8-9,11-14,16-17H2,1H3,(H,30,36)(H,31,35)/t18-,26?/m0/s1. The van der Waals surface area contributed by atoms with Crippen molar-refractivity contribution in [2.75, 3.05) is 38.6 Å². The number of nitrogens with zero attached hydrogens (tertiary/aromatic N) is 2. The predicted molar refractivity (Wildman–Crippen MR) is 159 cm³/mol. The zero-order valence-corrected chi connectivity index (χ0v) is 24.9. The van der Waals surface area contributed by atoms with Gasteiger partial charge >= 0.3 is 0 Å². The van der Waals surface area contributed by atoms with E-state index < -0.39 is 26.7 Å². The van der Waals surface area contributed by atoms with E-state index in [-0.39, 0.29) is 48.5 Å². The Labute approximate surface area is 248 Å². The second-order valence-corrected chi connectivity index (χ2v) is 13.9. The largest absolute Gasteiger partial charge is 0.396 e. The van der Waals surface area contributed by atoms with Crippen molar-refractivity contribution in [1.29, 1.82) is 0 Å². The smallest absolute Gasteiger partial charge is 0.254 e. The van der Waals surface area contributed by atoms with Crippen molar-refractivity contribution in [3.05, 3.63) is 53.0 Å². The molecular weight excluding hydrogens is 580 g/mol. The number of amides is 3. The Bertz CT molecular complexity index is 1570. The third kappa shape index (κ3) is 7.14. The van der Waals surface area contributed by atoms with Crippen molar-refractivity contribution in [1.82, 2.24) is 20.5 Å². The van der Waals surface area contributed by atoms with Crippen LogP contribution in [0.5, 0.6) is 0 Å². The number of morpholine rings is 1. The third-order valence-electron chi connectivity index (χ3n) is 7.17. The number of ether oxygens (including phenoxy) is 1. The first-order valence-corrected chi connectivity index (χ1v) is 16.5. The molecule has 1 saturated carbocycles. The molecule has 224 valence electrons.